The quantitative estimate of drug-likeness (QED) is 0.791. The van der Waals surface area contributed by atoms with Crippen molar-refractivity contribution in [3.05, 3.63) is 53.6 Å². The third-order valence-electron chi connectivity index (χ3n) is 3.90. The van der Waals surface area contributed by atoms with Crippen LogP contribution in [0.2, 0.25) is 0 Å². The SMILES string of the molecule is COc1ccc(NC(=S)NC(=O)c2ccc(C(C)(C)C)cc2)c(OC)c1. The van der Waals surface area contributed by atoms with Gasteiger partial charge in [-0.3, -0.25) is 10.1 Å². The molecule has 0 spiro atoms. The van der Waals surface area contributed by atoms with Crippen LogP contribution in [0.25, 0.3) is 0 Å². The molecular weight excluding hydrogens is 348 g/mol. The third-order valence-corrected chi connectivity index (χ3v) is 4.10. The summed E-state index contributed by atoms with van der Waals surface area (Å²) >= 11 is 5.24. The summed E-state index contributed by atoms with van der Waals surface area (Å²) in [6.45, 7) is 6.39. The summed E-state index contributed by atoms with van der Waals surface area (Å²) in [4.78, 5) is 12.4. The second-order valence-electron chi connectivity index (χ2n) is 6.80. The Morgan fingerprint density at radius 3 is 2.19 bits per heavy atom. The zero-order valence-electron chi connectivity index (χ0n) is 15.7. The molecule has 6 heteroatoms. The number of carbonyl (C=O) groups is 1. The van der Waals surface area contributed by atoms with Crippen molar-refractivity contribution in [2.45, 2.75) is 26.2 Å². The lowest BCUT2D eigenvalue weighted by Gasteiger charge is -2.19. The van der Waals surface area contributed by atoms with Crippen molar-refractivity contribution >= 4 is 28.9 Å². The molecule has 0 bridgehead atoms. The summed E-state index contributed by atoms with van der Waals surface area (Å²) in [6, 6.07) is 12.8. The number of hydrogen-bond donors (Lipinski definition) is 2. The van der Waals surface area contributed by atoms with Gasteiger partial charge in [0.05, 0.1) is 19.9 Å². The van der Waals surface area contributed by atoms with Crippen LogP contribution in [-0.4, -0.2) is 25.2 Å². The number of rotatable bonds is 4. The smallest absolute Gasteiger partial charge is 0.257 e. The maximum absolute atomic E-state index is 12.4. The van der Waals surface area contributed by atoms with Crippen molar-refractivity contribution < 1.29 is 14.3 Å². The number of anilines is 1. The molecule has 1 amide bonds. The average Bonchev–Trinajstić information content (AvgIpc) is 2.61. The van der Waals surface area contributed by atoms with E-state index >= 15 is 0 Å². The average molecular weight is 372 g/mol. The summed E-state index contributed by atoms with van der Waals surface area (Å²) in [5.74, 6) is 0.965. The predicted molar refractivity (Wildman–Crippen MR) is 108 cm³/mol. The van der Waals surface area contributed by atoms with Gasteiger partial charge in [0.1, 0.15) is 11.5 Å². The Morgan fingerprint density at radius 1 is 1.00 bits per heavy atom. The first-order valence-electron chi connectivity index (χ1n) is 8.19. The zero-order valence-corrected chi connectivity index (χ0v) is 16.5. The van der Waals surface area contributed by atoms with Gasteiger partial charge in [-0.05, 0) is 47.5 Å². The van der Waals surface area contributed by atoms with Crippen LogP contribution < -0.4 is 20.1 Å². The molecule has 26 heavy (non-hydrogen) atoms. The first-order chi connectivity index (χ1) is 12.2. The molecule has 138 valence electrons. The van der Waals surface area contributed by atoms with Crippen LogP contribution in [-0.2, 0) is 5.41 Å². The van der Waals surface area contributed by atoms with Crippen molar-refractivity contribution in [1.82, 2.24) is 5.32 Å². The van der Waals surface area contributed by atoms with Gasteiger partial charge >= 0.3 is 0 Å². The zero-order chi connectivity index (χ0) is 19.3. The van der Waals surface area contributed by atoms with Crippen molar-refractivity contribution in [2.75, 3.05) is 19.5 Å². The maximum Gasteiger partial charge on any atom is 0.257 e. The van der Waals surface area contributed by atoms with E-state index in [1.807, 2.05) is 12.1 Å². The fourth-order valence-corrected chi connectivity index (χ4v) is 2.55. The highest BCUT2D eigenvalue weighted by molar-refractivity contribution is 7.80. The van der Waals surface area contributed by atoms with Gasteiger partial charge in [-0.25, -0.2) is 0 Å². The Kier molecular flexibility index (Phi) is 6.21. The minimum atomic E-state index is -0.268. The monoisotopic (exact) mass is 372 g/mol. The molecular formula is C20H24N2O3S. The molecule has 0 aliphatic rings. The van der Waals surface area contributed by atoms with Crippen LogP contribution in [0.1, 0.15) is 36.7 Å². The number of ether oxygens (including phenoxy) is 2. The normalized spacial score (nSPS) is 10.8. The Morgan fingerprint density at radius 2 is 1.65 bits per heavy atom. The number of hydrogen-bond acceptors (Lipinski definition) is 4. The molecule has 0 unspecified atom stereocenters. The van der Waals surface area contributed by atoms with Gasteiger partial charge in [-0.1, -0.05) is 32.9 Å². The number of thiocarbonyl (C=S) groups is 1. The predicted octanol–water partition coefficient (Wildman–Crippen LogP) is 4.13. The van der Waals surface area contributed by atoms with Crippen molar-refractivity contribution in [3.8, 4) is 11.5 Å². The second kappa shape index (κ2) is 8.19. The van der Waals surface area contributed by atoms with Crippen LogP contribution in [0.15, 0.2) is 42.5 Å². The molecule has 2 aromatic rings. The summed E-state index contributed by atoms with van der Waals surface area (Å²) < 4.78 is 10.5. The van der Waals surface area contributed by atoms with Crippen molar-refractivity contribution in [2.24, 2.45) is 0 Å². The summed E-state index contributed by atoms with van der Waals surface area (Å²) in [6.07, 6.45) is 0. The summed E-state index contributed by atoms with van der Waals surface area (Å²) in [7, 11) is 3.13. The van der Waals surface area contributed by atoms with E-state index in [1.165, 1.54) is 0 Å². The van der Waals surface area contributed by atoms with Crippen LogP contribution >= 0.6 is 12.2 Å². The third kappa shape index (κ3) is 4.95. The number of benzene rings is 2. The number of methoxy groups -OCH3 is 2. The highest BCUT2D eigenvalue weighted by atomic mass is 32.1. The molecule has 5 nitrogen and oxygen atoms in total. The van der Waals surface area contributed by atoms with E-state index in [0.717, 1.165) is 5.56 Å². The molecule has 0 heterocycles. The lowest BCUT2D eigenvalue weighted by molar-refractivity contribution is 0.0977. The van der Waals surface area contributed by atoms with E-state index in [1.54, 1.807) is 44.6 Å². The van der Waals surface area contributed by atoms with E-state index in [0.29, 0.717) is 22.7 Å². The molecule has 0 fully saturated rings. The van der Waals surface area contributed by atoms with Crippen LogP contribution in [0, 0.1) is 0 Å². The molecule has 0 aromatic heterocycles. The maximum atomic E-state index is 12.4. The molecule has 0 saturated carbocycles. The Labute approximate surface area is 159 Å². The van der Waals surface area contributed by atoms with Crippen molar-refractivity contribution in [1.29, 1.82) is 0 Å². The number of nitrogens with one attached hydrogen (secondary N) is 2. The first-order valence-corrected chi connectivity index (χ1v) is 8.60. The molecule has 2 rings (SSSR count). The van der Waals surface area contributed by atoms with E-state index < -0.39 is 0 Å². The molecule has 2 aromatic carbocycles. The topological polar surface area (TPSA) is 59.6 Å². The van der Waals surface area contributed by atoms with Gasteiger partial charge in [-0.2, -0.15) is 0 Å². The van der Waals surface area contributed by atoms with Crippen LogP contribution in [0.3, 0.4) is 0 Å². The van der Waals surface area contributed by atoms with Gasteiger partial charge in [0.15, 0.2) is 5.11 Å². The standard InChI is InChI=1S/C20H24N2O3S/c1-20(2,3)14-8-6-13(7-9-14)18(23)22-19(26)21-16-11-10-15(24-4)12-17(16)25-5/h6-12H,1-5H3,(H2,21,22,23,26). The van der Waals surface area contributed by atoms with E-state index in [-0.39, 0.29) is 16.4 Å². The Balaban J connectivity index is 2.04. The molecule has 0 atom stereocenters. The van der Waals surface area contributed by atoms with E-state index in [4.69, 9.17) is 21.7 Å². The van der Waals surface area contributed by atoms with Gasteiger partial charge in [0, 0.05) is 11.6 Å². The van der Waals surface area contributed by atoms with E-state index in [2.05, 4.69) is 31.4 Å². The molecule has 0 radical (unpaired) electrons. The lowest BCUT2D eigenvalue weighted by atomic mass is 9.87. The highest BCUT2D eigenvalue weighted by Crippen LogP contribution is 2.29. The van der Waals surface area contributed by atoms with Gasteiger partial charge < -0.3 is 14.8 Å². The van der Waals surface area contributed by atoms with Gasteiger partial charge in [-0.15, -0.1) is 0 Å². The Bertz CT molecular complexity index is 796. The van der Waals surface area contributed by atoms with Crippen LogP contribution in [0.4, 0.5) is 5.69 Å². The largest absolute Gasteiger partial charge is 0.497 e. The van der Waals surface area contributed by atoms with Crippen LogP contribution in [0.5, 0.6) is 11.5 Å². The minimum absolute atomic E-state index is 0.0385. The second-order valence-corrected chi connectivity index (χ2v) is 7.21. The van der Waals surface area contributed by atoms with E-state index in [9.17, 15) is 4.79 Å². The fourth-order valence-electron chi connectivity index (χ4n) is 2.35. The first kappa shape index (κ1) is 19.7. The molecule has 0 saturated heterocycles. The minimum Gasteiger partial charge on any atom is -0.497 e. The highest BCUT2D eigenvalue weighted by Gasteiger charge is 2.15. The Hall–Kier alpha value is -2.60. The van der Waals surface area contributed by atoms with Gasteiger partial charge in [0.2, 0.25) is 0 Å². The van der Waals surface area contributed by atoms with Crippen molar-refractivity contribution in [3.63, 3.8) is 0 Å². The summed E-state index contributed by atoms with van der Waals surface area (Å²) in [5, 5.41) is 5.84. The number of amides is 1. The molecule has 2 N–H and O–H groups in total. The summed E-state index contributed by atoms with van der Waals surface area (Å²) in [5.41, 5.74) is 2.39. The number of carbonyl (C=O) groups excluding carboxylic acids is 1. The molecule has 0 aliphatic carbocycles. The molecule has 0 aliphatic heterocycles. The fraction of sp³-hybridized carbons (Fsp3) is 0.300. The van der Waals surface area contributed by atoms with Gasteiger partial charge in [0.25, 0.3) is 5.91 Å². The lowest BCUT2D eigenvalue weighted by Crippen LogP contribution is -2.34.